The summed E-state index contributed by atoms with van der Waals surface area (Å²) in [6.45, 7) is 1.64. The van der Waals surface area contributed by atoms with E-state index in [4.69, 9.17) is 10.8 Å². The van der Waals surface area contributed by atoms with Crippen LogP contribution in [0, 0.1) is 6.92 Å². The van der Waals surface area contributed by atoms with Gasteiger partial charge < -0.3 is 15.7 Å². The fraction of sp³-hybridized carbons (Fsp3) is 0.417. The highest BCUT2D eigenvalue weighted by Crippen LogP contribution is 2.30. The molecular formula is C12H15N3O3. The first kappa shape index (κ1) is 12.3. The maximum atomic E-state index is 11.2. The molecule has 1 aliphatic rings. The molecule has 1 aliphatic carbocycles. The summed E-state index contributed by atoms with van der Waals surface area (Å²) in [5.41, 5.74) is 6.25. The van der Waals surface area contributed by atoms with Crippen LogP contribution in [0.5, 0.6) is 0 Å². The molecule has 0 unspecified atom stereocenters. The minimum atomic E-state index is -0.911. The maximum absolute atomic E-state index is 11.2. The number of amides is 1. The van der Waals surface area contributed by atoms with E-state index in [9.17, 15) is 9.59 Å². The van der Waals surface area contributed by atoms with Crippen molar-refractivity contribution in [1.82, 2.24) is 4.98 Å². The monoisotopic (exact) mass is 249 g/mol. The highest BCUT2D eigenvalue weighted by molar-refractivity contribution is 5.93. The van der Waals surface area contributed by atoms with Crippen LogP contribution in [-0.2, 0) is 4.79 Å². The maximum Gasteiger partial charge on any atom is 0.323 e. The van der Waals surface area contributed by atoms with Crippen molar-refractivity contribution in [1.29, 1.82) is 0 Å². The van der Waals surface area contributed by atoms with E-state index in [-0.39, 0.29) is 12.6 Å². The predicted octanol–water partition coefficient (Wildman–Crippen LogP) is 0.542. The van der Waals surface area contributed by atoms with Gasteiger partial charge in [-0.25, -0.2) is 4.98 Å². The van der Waals surface area contributed by atoms with Gasteiger partial charge in [-0.2, -0.15) is 0 Å². The highest BCUT2D eigenvalue weighted by atomic mass is 16.4. The fourth-order valence-electron chi connectivity index (χ4n) is 1.87. The Morgan fingerprint density at radius 3 is 2.67 bits per heavy atom. The van der Waals surface area contributed by atoms with Gasteiger partial charge in [0.15, 0.2) is 0 Å². The van der Waals surface area contributed by atoms with Gasteiger partial charge in [-0.05, 0) is 31.9 Å². The Bertz CT molecular complexity index is 497. The van der Waals surface area contributed by atoms with Gasteiger partial charge in [0.25, 0.3) is 0 Å². The van der Waals surface area contributed by atoms with Crippen LogP contribution in [0.1, 0.15) is 28.9 Å². The summed E-state index contributed by atoms with van der Waals surface area (Å²) in [6.07, 6.45) is 1.91. The van der Waals surface area contributed by atoms with Crippen molar-refractivity contribution in [2.75, 3.05) is 11.4 Å². The summed E-state index contributed by atoms with van der Waals surface area (Å²) in [6, 6.07) is 3.35. The van der Waals surface area contributed by atoms with Crippen LogP contribution in [-0.4, -0.2) is 34.6 Å². The normalized spacial score (nSPS) is 14.3. The van der Waals surface area contributed by atoms with Crippen molar-refractivity contribution in [3.05, 3.63) is 23.4 Å². The third-order valence-electron chi connectivity index (χ3n) is 2.81. The van der Waals surface area contributed by atoms with Crippen molar-refractivity contribution >= 4 is 17.7 Å². The van der Waals surface area contributed by atoms with Crippen LogP contribution < -0.4 is 10.6 Å². The zero-order valence-corrected chi connectivity index (χ0v) is 10.1. The molecule has 0 spiro atoms. The molecule has 1 aromatic rings. The lowest BCUT2D eigenvalue weighted by Crippen LogP contribution is -2.32. The van der Waals surface area contributed by atoms with Gasteiger partial charge in [0.2, 0.25) is 5.91 Å². The number of carboxylic acid groups (broad SMARTS) is 1. The van der Waals surface area contributed by atoms with Gasteiger partial charge in [0.05, 0.1) is 0 Å². The Hall–Kier alpha value is -2.11. The minimum absolute atomic E-state index is 0.112. The summed E-state index contributed by atoms with van der Waals surface area (Å²) in [5, 5.41) is 8.91. The Kier molecular flexibility index (Phi) is 3.18. The summed E-state index contributed by atoms with van der Waals surface area (Å²) in [4.78, 5) is 28.0. The molecule has 1 aromatic heterocycles. The number of anilines is 1. The van der Waals surface area contributed by atoms with Gasteiger partial charge in [-0.1, -0.05) is 0 Å². The number of primary amides is 1. The Morgan fingerprint density at radius 2 is 2.17 bits per heavy atom. The lowest BCUT2D eigenvalue weighted by molar-refractivity contribution is -0.135. The standard InChI is InChI=1S/C12H15N3O3/c1-7-4-8(12(13)18)5-10(14-7)15(6-11(16)17)9-2-3-9/h4-5,9H,2-3,6H2,1H3,(H2,13,18)(H,16,17). The third-order valence-corrected chi connectivity index (χ3v) is 2.81. The number of nitrogens with zero attached hydrogens (tertiary/aromatic N) is 2. The quantitative estimate of drug-likeness (QED) is 0.794. The number of carboxylic acids is 1. The van der Waals surface area contributed by atoms with Crippen LogP contribution in [0.4, 0.5) is 5.82 Å². The van der Waals surface area contributed by atoms with E-state index in [1.54, 1.807) is 24.0 Å². The average molecular weight is 249 g/mol. The van der Waals surface area contributed by atoms with Gasteiger partial charge in [0.1, 0.15) is 12.4 Å². The predicted molar refractivity (Wildman–Crippen MR) is 65.5 cm³/mol. The molecule has 2 rings (SSSR count). The first-order chi connectivity index (χ1) is 8.47. The van der Waals surface area contributed by atoms with Crippen molar-refractivity contribution in [2.45, 2.75) is 25.8 Å². The first-order valence-electron chi connectivity index (χ1n) is 5.74. The number of hydrogen-bond acceptors (Lipinski definition) is 4. The summed E-state index contributed by atoms with van der Waals surface area (Å²) in [7, 11) is 0. The summed E-state index contributed by atoms with van der Waals surface area (Å²) in [5.74, 6) is -0.938. The molecule has 0 saturated heterocycles. The molecule has 1 fully saturated rings. The molecule has 1 amide bonds. The van der Waals surface area contributed by atoms with Crippen LogP contribution in [0.25, 0.3) is 0 Å². The number of pyridine rings is 1. The van der Waals surface area contributed by atoms with E-state index >= 15 is 0 Å². The molecule has 6 heteroatoms. The molecule has 6 nitrogen and oxygen atoms in total. The lowest BCUT2D eigenvalue weighted by atomic mass is 10.2. The second-order valence-corrected chi connectivity index (χ2v) is 4.47. The second-order valence-electron chi connectivity index (χ2n) is 4.47. The van der Waals surface area contributed by atoms with Gasteiger partial charge >= 0.3 is 5.97 Å². The number of aryl methyl sites for hydroxylation is 1. The topological polar surface area (TPSA) is 96.5 Å². The van der Waals surface area contributed by atoms with Crippen LogP contribution in [0.15, 0.2) is 12.1 Å². The van der Waals surface area contributed by atoms with Gasteiger partial charge in [0, 0.05) is 17.3 Å². The number of rotatable bonds is 5. The van der Waals surface area contributed by atoms with E-state index in [0.29, 0.717) is 17.1 Å². The molecule has 96 valence electrons. The smallest absolute Gasteiger partial charge is 0.323 e. The first-order valence-corrected chi connectivity index (χ1v) is 5.74. The lowest BCUT2D eigenvalue weighted by Gasteiger charge is -2.22. The van der Waals surface area contributed by atoms with Crippen molar-refractivity contribution in [3.63, 3.8) is 0 Å². The van der Waals surface area contributed by atoms with E-state index in [0.717, 1.165) is 12.8 Å². The average Bonchev–Trinajstić information content (AvgIpc) is 3.08. The molecular weight excluding hydrogens is 234 g/mol. The molecule has 0 aliphatic heterocycles. The fourth-order valence-corrected chi connectivity index (χ4v) is 1.87. The highest BCUT2D eigenvalue weighted by Gasteiger charge is 2.31. The SMILES string of the molecule is Cc1cc(C(N)=O)cc(N(CC(=O)O)C2CC2)n1. The third kappa shape index (κ3) is 2.77. The molecule has 0 bridgehead atoms. The van der Waals surface area contributed by atoms with Gasteiger partial charge in [-0.3, -0.25) is 9.59 Å². The van der Waals surface area contributed by atoms with Crippen LogP contribution >= 0.6 is 0 Å². The molecule has 1 saturated carbocycles. The number of nitrogens with two attached hydrogens (primary N) is 1. The molecule has 1 heterocycles. The van der Waals surface area contributed by atoms with E-state index in [1.165, 1.54) is 0 Å². The number of carbonyl (C=O) groups is 2. The number of aliphatic carboxylic acids is 1. The largest absolute Gasteiger partial charge is 0.480 e. The second kappa shape index (κ2) is 4.64. The van der Waals surface area contributed by atoms with E-state index in [2.05, 4.69) is 4.98 Å². The van der Waals surface area contributed by atoms with Gasteiger partial charge in [-0.15, -0.1) is 0 Å². The van der Waals surface area contributed by atoms with Crippen molar-refractivity contribution in [2.24, 2.45) is 5.73 Å². The van der Waals surface area contributed by atoms with Crippen LogP contribution in [0.2, 0.25) is 0 Å². The molecule has 3 N–H and O–H groups in total. The molecule has 0 radical (unpaired) electrons. The zero-order chi connectivity index (χ0) is 13.3. The van der Waals surface area contributed by atoms with E-state index in [1.807, 2.05) is 0 Å². The number of aromatic nitrogens is 1. The Labute approximate surface area is 104 Å². The zero-order valence-electron chi connectivity index (χ0n) is 10.1. The summed E-state index contributed by atoms with van der Waals surface area (Å²) < 4.78 is 0. The van der Waals surface area contributed by atoms with E-state index < -0.39 is 11.9 Å². The Morgan fingerprint density at radius 1 is 1.50 bits per heavy atom. The number of hydrogen-bond donors (Lipinski definition) is 2. The van der Waals surface area contributed by atoms with Crippen molar-refractivity contribution < 1.29 is 14.7 Å². The number of carbonyl (C=O) groups excluding carboxylic acids is 1. The summed E-state index contributed by atoms with van der Waals surface area (Å²) >= 11 is 0. The minimum Gasteiger partial charge on any atom is -0.480 e. The van der Waals surface area contributed by atoms with Crippen molar-refractivity contribution in [3.8, 4) is 0 Å². The van der Waals surface area contributed by atoms with Crippen LogP contribution in [0.3, 0.4) is 0 Å². The molecule has 0 aromatic carbocycles. The molecule has 0 atom stereocenters. The molecule has 18 heavy (non-hydrogen) atoms. The Balaban J connectivity index is 2.34.